The van der Waals surface area contributed by atoms with Crippen molar-refractivity contribution in [3.8, 4) is 0 Å². The largest absolute Gasteiger partial charge is 0.361 e. The van der Waals surface area contributed by atoms with Crippen LogP contribution in [0.5, 0.6) is 0 Å². The number of aliphatic hydroxyl groups is 1. The summed E-state index contributed by atoms with van der Waals surface area (Å²) in [5.41, 5.74) is 3.10. The fourth-order valence-electron chi connectivity index (χ4n) is 5.94. The SMILES string of the molecule is Cc1cc(C(=O)N(C)c2ncc(N3CC4(CCC(c5ccccc5)(N(C)C)CC4)NC3O)cn2)n(C)n1. The second-order valence-corrected chi connectivity index (χ2v) is 10.6. The lowest BCUT2D eigenvalue weighted by Gasteiger charge is -2.49. The van der Waals surface area contributed by atoms with Crippen molar-refractivity contribution in [1.82, 2.24) is 30.0 Å². The first-order valence-corrected chi connectivity index (χ1v) is 12.7. The number of anilines is 2. The molecule has 196 valence electrons. The Labute approximate surface area is 217 Å². The van der Waals surface area contributed by atoms with E-state index >= 15 is 0 Å². The van der Waals surface area contributed by atoms with Gasteiger partial charge in [-0.15, -0.1) is 0 Å². The van der Waals surface area contributed by atoms with Crippen LogP contribution in [0, 0.1) is 6.92 Å². The van der Waals surface area contributed by atoms with Crippen molar-refractivity contribution in [3.63, 3.8) is 0 Å². The number of aliphatic hydroxyl groups excluding tert-OH is 1. The molecule has 1 aromatic carbocycles. The summed E-state index contributed by atoms with van der Waals surface area (Å²) >= 11 is 0. The van der Waals surface area contributed by atoms with E-state index in [-0.39, 0.29) is 17.0 Å². The van der Waals surface area contributed by atoms with Crippen molar-refractivity contribution < 1.29 is 9.90 Å². The number of carbonyl (C=O) groups excluding carboxylic acids is 1. The Kier molecular flexibility index (Phi) is 6.51. The Bertz CT molecular complexity index is 1250. The van der Waals surface area contributed by atoms with Gasteiger partial charge in [-0.1, -0.05) is 30.3 Å². The van der Waals surface area contributed by atoms with Crippen molar-refractivity contribution in [3.05, 3.63) is 65.7 Å². The molecule has 2 fully saturated rings. The number of amides is 1. The number of nitrogens with zero attached hydrogens (tertiary/aromatic N) is 7. The van der Waals surface area contributed by atoms with Gasteiger partial charge in [0.1, 0.15) is 5.69 Å². The Morgan fingerprint density at radius 2 is 1.73 bits per heavy atom. The molecule has 1 atom stereocenters. The van der Waals surface area contributed by atoms with Crippen molar-refractivity contribution >= 4 is 17.5 Å². The summed E-state index contributed by atoms with van der Waals surface area (Å²) < 4.78 is 1.56. The normalized spacial score (nSPS) is 25.7. The third-order valence-corrected chi connectivity index (χ3v) is 8.19. The zero-order chi connectivity index (χ0) is 26.4. The molecule has 1 saturated carbocycles. The van der Waals surface area contributed by atoms with Crippen LogP contribution in [0.3, 0.4) is 0 Å². The summed E-state index contributed by atoms with van der Waals surface area (Å²) in [4.78, 5) is 27.4. The summed E-state index contributed by atoms with van der Waals surface area (Å²) in [6.45, 7) is 2.51. The van der Waals surface area contributed by atoms with Gasteiger partial charge in [0.05, 0.1) is 23.8 Å². The van der Waals surface area contributed by atoms with Gasteiger partial charge in [0.25, 0.3) is 5.91 Å². The van der Waals surface area contributed by atoms with Crippen LogP contribution in [0.4, 0.5) is 11.6 Å². The number of nitrogens with one attached hydrogen (secondary N) is 1. The minimum atomic E-state index is -0.824. The monoisotopic (exact) mass is 504 g/mol. The summed E-state index contributed by atoms with van der Waals surface area (Å²) in [5.74, 6) is 0.0583. The Morgan fingerprint density at radius 1 is 1.08 bits per heavy atom. The molecule has 1 saturated heterocycles. The van der Waals surface area contributed by atoms with Crippen LogP contribution in [0.15, 0.2) is 48.8 Å². The molecule has 0 radical (unpaired) electrons. The van der Waals surface area contributed by atoms with Gasteiger partial charge in [-0.05, 0) is 58.3 Å². The average Bonchev–Trinajstić information content (AvgIpc) is 3.41. The highest BCUT2D eigenvalue weighted by molar-refractivity contribution is 6.03. The molecular formula is C27H36N8O2. The lowest BCUT2D eigenvalue weighted by Crippen LogP contribution is -2.54. The lowest BCUT2D eigenvalue weighted by molar-refractivity contribution is 0.0513. The minimum absolute atomic E-state index is 0.0130. The molecule has 3 aromatic rings. The third kappa shape index (κ3) is 4.49. The van der Waals surface area contributed by atoms with Gasteiger partial charge in [0, 0.05) is 31.7 Å². The van der Waals surface area contributed by atoms with Gasteiger partial charge in [-0.2, -0.15) is 5.10 Å². The molecule has 2 aromatic heterocycles. The van der Waals surface area contributed by atoms with Gasteiger partial charge in [0.2, 0.25) is 5.95 Å². The summed E-state index contributed by atoms with van der Waals surface area (Å²) in [7, 11) is 7.70. The number of hydrogen-bond donors (Lipinski definition) is 2. The fourth-order valence-corrected chi connectivity index (χ4v) is 5.94. The van der Waals surface area contributed by atoms with E-state index in [1.165, 1.54) is 10.5 Å². The number of carbonyl (C=O) groups is 1. The highest BCUT2D eigenvalue weighted by Gasteiger charge is 2.50. The molecule has 3 heterocycles. The number of rotatable bonds is 5. The van der Waals surface area contributed by atoms with Crippen LogP contribution < -0.4 is 15.1 Å². The van der Waals surface area contributed by atoms with Crippen LogP contribution in [0.1, 0.15) is 47.4 Å². The van der Waals surface area contributed by atoms with Gasteiger partial charge in [-0.3, -0.25) is 24.6 Å². The van der Waals surface area contributed by atoms with Crippen LogP contribution >= 0.6 is 0 Å². The van der Waals surface area contributed by atoms with Crippen LogP contribution in [-0.4, -0.2) is 75.2 Å². The van der Waals surface area contributed by atoms with Crippen molar-refractivity contribution in [2.75, 3.05) is 37.5 Å². The molecule has 37 heavy (non-hydrogen) atoms. The predicted molar refractivity (Wildman–Crippen MR) is 142 cm³/mol. The van der Waals surface area contributed by atoms with Gasteiger partial charge in [0.15, 0.2) is 6.35 Å². The van der Waals surface area contributed by atoms with E-state index in [0.29, 0.717) is 23.9 Å². The summed E-state index contributed by atoms with van der Waals surface area (Å²) in [6.07, 6.45) is 6.38. The van der Waals surface area contributed by atoms with E-state index in [1.807, 2.05) is 11.8 Å². The summed E-state index contributed by atoms with van der Waals surface area (Å²) in [6, 6.07) is 12.5. The first kappa shape index (κ1) is 25.3. The van der Waals surface area contributed by atoms with E-state index in [4.69, 9.17) is 0 Å². The van der Waals surface area contributed by atoms with E-state index in [9.17, 15) is 9.90 Å². The molecule has 1 spiro atoms. The standard InChI is InChI=1S/C27H36N8O2/c1-19-15-22(34(5)31-19)23(36)33(4)24-28-16-21(17-29-24)35-18-26(30-25(35)37)11-13-27(14-12-26,32(2)3)20-9-7-6-8-10-20/h6-10,15-17,25,30,37H,11-14,18H2,1-5H3. The van der Waals surface area contributed by atoms with Crippen LogP contribution in [0.2, 0.25) is 0 Å². The fraction of sp³-hybridized carbons (Fsp3) is 0.481. The predicted octanol–water partition coefficient (Wildman–Crippen LogP) is 2.25. The maximum atomic E-state index is 12.9. The molecule has 10 heteroatoms. The number of aryl methyl sites for hydroxylation is 2. The van der Waals surface area contributed by atoms with Crippen molar-refractivity contribution in [2.45, 2.75) is 50.0 Å². The molecule has 2 aliphatic rings. The Morgan fingerprint density at radius 3 is 2.30 bits per heavy atom. The molecule has 0 bridgehead atoms. The lowest BCUT2D eigenvalue weighted by atomic mass is 9.69. The molecule has 1 aliphatic heterocycles. The third-order valence-electron chi connectivity index (χ3n) is 8.19. The number of hydrogen-bond acceptors (Lipinski definition) is 8. The second kappa shape index (κ2) is 9.51. The highest BCUT2D eigenvalue weighted by atomic mass is 16.3. The van der Waals surface area contributed by atoms with Gasteiger partial charge >= 0.3 is 0 Å². The van der Waals surface area contributed by atoms with E-state index in [1.54, 1.807) is 37.2 Å². The zero-order valence-corrected chi connectivity index (χ0v) is 22.2. The molecular weight excluding hydrogens is 468 g/mol. The quantitative estimate of drug-likeness (QED) is 0.546. The molecule has 1 aliphatic carbocycles. The maximum Gasteiger partial charge on any atom is 0.278 e. The smallest absolute Gasteiger partial charge is 0.278 e. The maximum absolute atomic E-state index is 12.9. The molecule has 2 N–H and O–H groups in total. The van der Waals surface area contributed by atoms with Crippen molar-refractivity contribution in [2.24, 2.45) is 7.05 Å². The van der Waals surface area contributed by atoms with Gasteiger partial charge in [-0.25, -0.2) is 9.97 Å². The first-order valence-electron chi connectivity index (χ1n) is 12.7. The average molecular weight is 505 g/mol. The zero-order valence-electron chi connectivity index (χ0n) is 22.2. The van der Waals surface area contributed by atoms with Crippen molar-refractivity contribution in [1.29, 1.82) is 0 Å². The van der Waals surface area contributed by atoms with E-state index < -0.39 is 6.35 Å². The highest BCUT2D eigenvalue weighted by Crippen LogP contribution is 2.46. The van der Waals surface area contributed by atoms with Crippen LogP contribution in [-0.2, 0) is 12.6 Å². The van der Waals surface area contributed by atoms with Crippen LogP contribution in [0.25, 0.3) is 0 Å². The molecule has 1 unspecified atom stereocenters. The number of benzene rings is 1. The second-order valence-electron chi connectivity index (χ2n) is 10.6. The topological polar surface area (TPSA) is 103 Å². The Balaban J connectivity index is 1.29. The molecule has 5 rings (SSSR count). The molecule has 1 amide bonds. The number of aromatic nitrogens is 4. The first-order chi connectivity index (χ1) is 17.6. The Hall–Kier alpha value is -3.34. The minimum Gasteiger partial charge on any atom is -0.361 e. The molecule has 10 nitrogen and oxygen atoms in total. The van der Waals surface area contributed by atoms with E-state index in [0.717, 1.165) is 31.4 Å². The van der Waals surface area contributed by atoms with E-state index in [2.05, 4.69) is 69.7 Å². The van der Waals surface area contributed by atoms with Gasteiger partial charge < -0.3 is 10.0 Å². The summed E-state index contributed by atoms with van der Waals surface area (Å²) in [5, 5.41) is 18.6.